The van der Waals surface area contributed by atoms with Crippen LogP contribution in [-0.4, -0.2) is 19.9 Å². The molecule has 10 heteroatoms. The zero-order chi connectivity index (χ0) is 19.7. The molecule has 3 aromatic rings. The van der Waals surface area contributed by atoms with E-state index in [2.05, 4.69) is 14.6 Å². The molecule has 0 aliphatic rings. The Kier molecular flexibility index (Phi) is 4.83. The van der Waals surface area contributed by atoms with Crippen molar-refractivity contribution in [1.82, 2.24) is 5.16 Å². The molecule has 0 saturated carbocycles. The monoisotopic (exact) mass is 398 g/mol. The summed E-state index contributed by atoms with van der Waals surface area (Å²) >= 11 is 0. The standard InChI is InChI=1S/C17H13F3N2O4S/c1-11-15(22-27(23,24)14-5-3-2-4-6-14)16(21-26-11)12-7-9-13(10-8-12)25-17(18,19)20/h2-10,22H,1H3. The number of sulfonamides is 1. The van der Waals surface area contributed by atoms with Crippen molar-refractivity contribution < 1.29 is 30.8 Å². The maximum atomic E-state index is 12.5. The zero-order valence-electron chi connectivity index (χ0n) is 13.8. The number of rotatable bonds is 5. The topological polar surface area (TPSA) is 81.4 Å². The molecule has 1 heterocycles. The number of aromatic nitrogens is 1. The van der Waals surface area contributed by atoms with Crippen molar-refractivity contribution in [2.24, 2.45) is 0 Å². The van der Waals surface area contributed by atoms with Gasteiger partial charge in [0, 0.05) is 5.56 Å². The smallest absolute Gasteiger partial charge is 0.406 e. The minimum absolute atomic E-state index is 0.0467. The van der Waals surface area contributed by atoms with E-state index in [4.69, 9.17) is 4.52 Å². The van der Waals surface area contributed by atoms with Crippen molar-refractivity contribution in [2.75, 3.05) is 4.72 Å². The Morgan fingerprint density at radius 3 is 2.26 bits per heavy atom. The molecule has 0 spiro atoms. The summed E-state index contributed by atoms with van der Waals surface area (Å²) in [5.41, 5.74) is 0.598. The molecular weight excluding hydrogens is 385 g/mol. The summed E-state index contributed by atoms with van der Waals surface area (Å²) in [4.78, 5) is 0.0467. The van der Waals surface area contributed by atoms with Crippen molar-refractivity contribution in [3.63, 3.8) is 0 Å². The van der Waals surface area contributed by atoms with Crippen LogP contribution in [0.15, 0.2) is 64.0 Å². The summed E-state index contributed by atoms with van der Waals surface area (Å²) in [5, 5.41) is 3.80. The SMILES string of the molecule is Cc1onc(-c2ccc(OC(F)(F)F)cc2)c1NS(=O)(=O)c1ccccc1. The van der Waals surface area contributed by atoms with Crippen LogP contribution in [0.3, 0.4) is 0 Å². The Hall–Kier alpha value is -3.01. The van der Waals surface area contributed by atoms with Crippen molar-refractivity contribution in [2.45, 2.75) is 18.2 Å². The first-order chi connectivity index (χ1) is 12.7. The number of aryl methyl sites for hydroxylation is 1. The van der Waals surface area contributed by atoms with Crippen LogP contribution in [0.2, 0.25) is 0 Å². The number of nitrogens with zero attached hydrogens (tertiary/aromatic N) is 1. The predicted octanol–water partition coefficient (Wildman–Crippen LogP) is 4.35. The molecule has 0 fully saturated rings. The molecule has 142 valence electrons. The fourth-order valence-electron chi connectivity index (χ4n) is 2.30. The zero-order valence-corrected chi connectivity index (χ0v) is 14.6. The van der Waals surface area contributed by atoms with Crippen LogP contribution in [0.1, 0.15) is 5.76 Å². The normalized spacial score (nSPS) is 12.0. The number of alkyl halides is 3. The molecule has 27 heavy (non-hydrogen) atoms. The number of halogens is 3. The molecule has 2 aromatic carbocycles. The minimum Gasteiger partial charge on any atom is -0.406 e. The number of benzene rings is 2. The lowest BCUT2D eigenvalue weighted by molar-refractivity contribution is -0.274. The molecule has 0 aliphatic heterocycles. The van der Waals surface area contributed by atoms with Gasteiger partial charge in [0.1, 0.15) is 17.1 Å². The quantitative estimate of drug-likeness (QED) is 0.691. The van der Waals surface area contributed by atoms with Crippen LogP contribution >= 0.6 is 0 Å². The van der Waals surface area contributed by atoms with Crippen LogP contribution in [0, 0.1) is 6.92 Å². The maximum absolute atomic E-state index is 12.5. The number of nitrogens with one attached hydrogen (secondary N) is 1. The van der Waals surface area contributed by atoms with Crippen LogP contribution in [0.25, 0.3) is 11.3 Å². The second kappa shape index (κ2) is 6.95. The van der Waals surface area contributed by atoms with Crippen molar-refractivity contribution in [3.05, 3.63) is 60.4 Å². The van der Waals surface area contributed by atoms with E-state index in [1.54, 1.807) is 18.2 Å². The molecule has 0 unspecified atom stereocenters. The lowest BCUT2D eigenvalue weighted by Gasteiger charge is -2.10. The highest BCUT2D eigenvalue weighted by molar-refractivity contribution is 7.92. The third kappa shape index (κ3) is 4.40. The van der Waals surface area contributed by atoms with Gasteiger partial charge in [0.25, 0.3) is 10.0 Å². The predicted molar refractivity (Wildman–Crippen MR) is 90.6 cm³/mol. The second-order valence-corrected chi connectivity index (χ2v) is 7.14. The van der Waals surface area contributed by atoms with Gasteiger partial charge in [-0.2, -0.15) is 0 Å². The Morgan fingerprint density at radius 1 is 1.04 bits per heavy atom. The van der Waals surface area contributed by atoms with Crippen LogP contribution < -0.4 is 9.46 Å². The van der Waals surface area contributed by atoms with Crippen molar-refractivity contribution in [1.29, 1.82) is 0 Å². The highest BCUT2D eigenvalue weighted by atomic mass is 32.2. The molecule has 0 amide bonds. The summed E-state index contributed by atoms with van der Waals surface area (Å²) in [5.74, 6) is -0.196. The molecule has 0 bridgehead atoms. The first-order valence-electron chi connectivity index (χ1n) is 7.56. The van der Waals surface area contributed by atoms with Gasteiger partial charge < -0.3 is 9.26 Å². The lowest BCUT2D eigenvalue weighted by atomic mass is 10.1. The fraction of sp³-hybridized carbons (Fsp3) is 0.118. The summed E-state index contributed by atoms with van der Waals surface area (Å²) < 4.78 is 73.1. The van der Waals surface area contributed by atoms with E-state index < -0.39 is 22.1 Å². The van der Waals surface area contributed by atoms with Gasteiger partial charge in [-0.15, -0.1) is 13.2 Å². The summed E-state index contributed by atoms with van der Waals surface area (Å²) in [7, 11) is -3.89. The molecule has 0 atom stereocenters. The molecule has 1 N–H and O–H groups in total. The minimum atomic E-state index is -4.80. The van der Waals surface area contributed by atoms with E-state index in [0.717, 1.165) is 12.1 Å². The number of hydrogen-bond acceptors (Lipinski definition) is 5. The molecule has 0 saturated heterocycles. The van der Waals surface area contributed by atoms with Gasteiger partial charge in [0.2, 0.25) is 0 Å². The molecule has 0 radical (unpaired) electrons. The van der Waals surface area contributed by atoms with E-state index in [-0.39, 0.29) is 22.0 Å². The fourth-order valence-corrected chi connectivity index (χ4v) is 3.44. The van der Waals surface area contributed by atoms with Gasteiger partial charge >= 0.3 is 6.36 Å². The van der Waals surface area contributed by atoms with Crippen molar-refractivity contribution in [3.8, 4) is 17.0 Å². The van der Waals surface area contributed by atoms with E-state index in [1.165, 1.54) is 31.2 Å². The highest BCUT2D eigenvalue weighted by Gasteiger charge is 2.31. The van der Waals surface area contributed by atoms with E-state index >= 15 is 0 Å². The molecule has 0 aliphatic carbocycles. The third-order valence-corrected chi connectivity index (χ3v) is 4.88. The van der Waals surface area contributed by atoms with Gasteiger partial charge in [-0.05, 0) is 43.3 Å². The van der Waals surface area contributed by atoms with Gasteiger partial charge in [-0.3, -0.25) is 4.72 Å². The van der Waals surface area contributed by atoms with Crippen LogP contribution in [0.4, 0.5) is 18.9 Å². The van der Waals surface area contributed by atoms with E-state index in [9.17, 15) is 21.6 Å². The number of anilines is 1. The summed E-state index contributed by atoms with van der Waals surface area (Å²) in [6, 6.07) is 12.5. The average molecular weight is 398 g/mol. The second-order valence-electron chi connectivity index (χ2n) is 5.45. The summed E-state index contributed by atoms with van der Waals surface area (Å²) in [6.45, 7) is 1.51. The Bertz CT molecular complexity index is 1030. The third-order valence-electron chi connectivity index (χ3n) is 3.51. The Labute approximate surface area is 152 Å². The molecule has 3 rings (SSSR count). The van der Waals surface area contributed by atoms with E-state index in [0.29, 0.717) is 5.56 Å². The van der Waals surface area contributed by atoms with Crippen LogP contribution in [-0.2, 0) is 10.0 Å². The highest BCUT2D eigenvalue weighted by Crippen LogP contribution is 2.33. The maximum Gasteiger partial charge on any atom is 0.573 e. The molecule has 6 nitrogen and oxygen atoms in total. The average Bonchev–Trinajstić information content (AvgIpc) is 2.95. The van der Waals surface area contributed by atoms with E-state index in [1.807, 2.05) is 0 Å². The molecular formula is C17H13F3N2O4S. The first-order valence-corrected chi connectivity index (χ1v) is 9.04. The van der Waals surface area contributed by atoms with Gasteiger partial charge in [-0.1, -0.05) is 23.4 Å². The first kappa shape index (κ1) is 18.8. The number of hydrogen-bond donors (Lipinski definition) is 1. The lowest BCUT2D eigenvalue weighted by Crippen LogP contribution is -2.17. The van der Waals surface area contributed by atoms with Crippen LogP contribution in [0.5, 0.6) is 5.75 Å². The van der Waals surface area contributed by atoms with Gasteiger partial charge in [0.05, 0.1) is 4.90 Å². The Balaban J connectivity index is 1.91. The van der Waals surface area contributed by atoms with Gasteiger partial charge in [-0.25, -0.2) is 8.42 Å². The summed E-state index contributed by atoms with van der Waals surface area (Å²) in [6.07, 6.45) is -4.80. The van der Waals surface area contributed by atoms with Crippen molar-refractivity contribution >= 4 is 15.7 Å². The van der Waals surface area contributed by atoms with Gasteiger partial charge in [0.15, 0.2) is 5.76 Å². The molecule has 1 aromatic heterocycles. The Morgan fingerprint density at radius 2 is 1.67 bits per heavy atom. The largest absolute Gasteiger partial charge is 0.573 e. The number of ether oxygens (including phenoxy) is 1.